The Bertz CT molecular complexity index is 1670. The molecule has 8 nitrogen and oxygen atoms in total. The smallest absolute Gasteiger partial charge is 0.408 e. The molecule has 0 saturated heterocycles. The van der Waals surface area contributed by atoms with Crippen molar-refractivity contribution in [1.82, 2.24) is 14.5 Å². The van der Waals surface area contributed by atoms with Crippen LogP contribution >= 0.6 is 0 Å². The summed E-state index contributed by atoms with van der Waals surface area (Å²) < 4.78 is 62.3. The predicted octanol–water partition coefficient (Wildman–Crippen LogP) is 3.59. The van der Waals surface area contributed by atoms with E-state index in [4.69, 9.17) is 4.42 Å². The number of benzene rings is 2. The lowest BCUT2D eigenvalue weighted by molar-refractivity contribution is 0.464. The van der Waals surface area contributed by atoms with Gasteiger partial charge in [-0.3, -0.25) is 14.2 Å². The van der Waals surface area contributed by atoms with Crippen LogP contribution < -0.4 is 10.5 Å². The number of oxazole rings is 1. The maximum atomic E-state index is 15.0. The molecule has 0 saturated carbocycles. The highest BCUT2D eigenvalue weighted by Gasteiger charge is 2.25. The third kappa shape index (κ3) is 5.30. The number of hydrogen-bond acceptors (Lipinski definition) is 6. The highest BCUT2D eigenvalue weighted by atomic mass is 32.2. The number of sulfonamides is 1. The summed E-state index contributed by atoms with van der Waals surface area (Å²) in [5.74, 6) is 2.98. The van der Waals surface area contributed by atoms with Crippen LogP contribution in [-0.2, 0) is 10.0 Å². The second kappa shape index (κ2) is 9.93. The molecule has 4 aromatic rings. The van der Waals surface area contributed by atoms with Gasteiger partial charge in [0.25, 0.3) is 10.0 Å². The van der Waals surface area contributed by atoms with Gasteiger partial charge in [0.1, 0.15) is 16.5 Å². The minimum absolute atomic E-state index is 0.0805. The van der Waals surface area contributed by atoms with Crippen LogP contribution in [0.15, 0.2) is 68.7 Å². The topological polar surface area (TPSA) is 97.4 Å². The van der Waals surface area contributed by atoms with Crippen LogP contribution in [0, 0.1) is 23.6 Å². The first-order chi connectivity index (χ1) is 17.0. The van der Waals surface area contributed by atoms with Gasteiger partial charge in [-0.05, 0) is 50.8 Å². The van der Waals surface area contributed by atoms with E-state index < -0.39 is 38.5 Å². The van der Waals surface area contributed by atoms with Gasteiger partial charge in [-0.2, -0.15) is 4.39 Å². The molecule has 4 rings (SSSR count). The maximum absolute atomic E-state index is 15.0. The van der Waals surface area contributed by atoms with E-state index >= 15 is 4.39 Å². The number of halogens is 2. The van der Waals surface area contributed by atoms with Gasteiger partial charge in [0.15, 0.2) is 5.58 Å². The van der Waals surface area contributed by atoms with Gasteiger partial charge in [0.05, 0.1) is 18.1 Å². The van der Waals surface area contributed by atoms with Gasteiger partial charge >= 0.3 is 5.76 Å². The van der Waals surface area contributed by atoms with Gasteiger partial charge in [0, 0.05) is 17.7 Å². The van der Waals surface area contributed by atoms with E-state index in [2.05, 4.69) is 16.8 Å². The number of rotatable bonds is 6. The molecule has 0 aliphatic heterocycles. The average Bonchev–Trinajstić information content (AvgIpc) is 3.12. The molecule has 186 valence electrons. The molecule has 1 unspecified atom stereocenters. The van der Waals surface area contributed by atoms with Gasteiger partial charge in [-0.15, -0.1) is 0 Å². The predicted molar refractivity (Wildman–Crippen MR) is 131 cm³/mol. The van der Waals surface area contributed by atoms with Crippen molar-refractivity contribution >= 4 is 26.9 Å². The summed E-state index contributed by atoms with van der Waals surface area (Å²) in [6.07, 6.45) is 0. The quantitative estimate of drug-likeness (QED) is 0.313. The molecule has 2 aromatic carbocycles. The molecule has 0 bridgehead atoms. The Morgan fingerprint density at radius 3 is 2.61 bits per heavy atom. The van der Waals surface area contributed by atoms with Crippen molar-refractivity contribution in [2.24, 2.45) is 0 Å². The van der Waals surface area contributed by atoms with Crippen LogP contribution in [0.4, 0.5) is 14.6 Å². The fourth-order valence-corrected chi connectivity index (χ4v) is 4.67. The number of pyridine rings is 1. The molecule has 0 aliphatic rings. The second-order valence-electron chi connectivity index (χ2n) is 8.28. The third-order valence-electron chi connectivity index (χ3n) is 5.29. The number of nitrogens with one attached hydrogen (secondary N) is 1. The van der Waals surface area contributed by atoms with Crippen molar-refractivity contribution in [3.8, 4) is 11.8 Å². The molecule has 0 aliphatic carbocycles. The second-order valence-corrected chi connectivity index (χ2v) is 9.93. The Hall–Kier alpha value is -4.01. The molecule has 0 spiro atoms. The fraction of sp³-hybridized carbons (Fsp3) is 0.200. The average molecular weight is 513 g/mol. The van der Waals surface area contributed by atoms with Crippen LogP contribution in [0.25, 0.3) is 11.1 Å². The summed E-state index contributed by atoms with van der Waals surface area (Å²) in [6.45, 7) is 2.32. The van der Waals surface area contributed by atoms with Crippen LogP contribution in [0.3, 0.4) is 0 Å². The zero-order valence-corrected chi connectivity index (χ0v) is 20.4. The van der Waals surface area contributed by atoms with Crippen LogP contribution in [-0.4, -0.2) is 43.5 Å². The summed E-state index contributed by atoms with van der Waals surface area (Å²) in [5, 5.41) is 0. The SMILES string of the molecule is CC(c1cccc(C#CCN(C)C)c1)n1c(=O)oc2cc(S(=O)(=O)Nc3cccc(F)n3)c(F)cc21. The first kappa shape index (κ1) is 25.1. The monoisotopic (exact) mass is 512 g/mol. The Morgan fingerprint density at radius 1 is 1.14 bits per heavy atom. The van der Waals surface area contributed by atoms with Crippen LogP contribution in [0.2, 0.25) is 0 Å². The maximum Gasteiger partial charge on any atom is 0.420 e. The molecule has 2 aromatic heterocycles. The minimum atomic E-state index is -4.49. The Labute approximate surface area is 206 Å². The minimum Gasteiger partial charge on any atom is -0.408 e. The number of aromatic nitrogens is 2. The molecule has 2 heterocycles. The highest BCUT2D eigenvalue weighted by molar-refractivity contribution is 7.92. The van der Waals surface area contributed by atoms with Crippen molar-refractivity contribution in [2.45, 2.75) is 17.9 Å². The molecule has 0 radical (unpaired) electrons. The number of hydrogen-bond donors (Lipinski definition) is 1. The first-order valence-electron chi connectivity index (χ1n) is 10.8. The van der Waals surface area contributed by atoms with E-state index in [0.717, 1.165) is 29.3 Å². The van der Waals surface area contributed by atoms with Crippen molar-refractivity contribution in [3.05, 3.63) is 88.0 Å². The van der Waals surface area contributed by atoms with Crippen molar-refractivity contribution in [3.63, 3.8) is 0 Å². The van der Waals surface area contributed by atoms with Crippen molar-refractivity contribution < 1.29 is 21.6 Å². The van der Waals surface area contributed by atoms with E-state index in [1.807, 2.05) is 35.9 Å². The summed E-state index contributed by atoms with van der Waals surface area (Å²) in [5.41, 5.74) is 1.44. The molecule has 0 fully saturated rings. The summed E-state index contributed by atoms with van der Waals surface area (Å²) in [7, 11) is -0.672. The fourth-order valence-electron chi connectivity index (χ4n) is 3.59. The van der Waals surface area contributed by atoms with Gasteiger partial charge < -0.3 is 4.42 Å². The molecular weight excluding hydrogens is 490 g/mol. The van der Waals surface area contributed by atoms with Crippen molar-refractivity contribution in [2.75, 3.05) is 25.4 Å². The normalized spacial score (nSPS) is 12.4. The van der Waals surface area contributed by atoms with E-state index in [-0.39, 0.29) is 16.9 Å². The van der Waals surface area contributed by atoms with E-state index in [9.17, 15) is 17.6 Å². The Balaban J connectivity index is 1.71. The number of anilines is 1. The molecule has 0 amide bonds. The molecule has 1 atom stereocenters. The number of nitrogens with zero attached hydrogens (tertiary/aromatic N) is 3. The zero-order valence-electron chi connectivity index (χ0n) is 19.6. The molecule has 36 heavy (non-hydrogen) atoms. The summed E-state index contributed by atoms with van der Waals surface area (Å²) in [4.78, 5) is 17.3. The van der Waals surface area contributed by atoms with Crippen molar-refractivity contribution in [1.29, 1.82) is 0 Å². The highest BCUT2D eigenvalue weighted by Crippen LogP contribution is 2.28. The summed E-state index contributed by atoms with van der Waals surface area (Å²) >= 11 is 0. The zero-order chi connectivity index (χ0) is 26.0. The van der Waals surface area contributed by atoms with Gasteiger partial charge in [0.2, 0.25) is 5.95 Å². The van der Waals surface area contributed by atoms with E-state index in [0.29, 0.717) is 6.54 Å². The lowest BCUT2D eigenvalue weighted by Gasteiger charge is -2.14. The summed E-state index contributed by atoms with van der Waals surface area (Å²) in [6, 6.07) is 12.0. The first-order valence-corrected chi connectivity index (χ1v) is 12.3. The van der Waals surface area contributed by atoms with Gasteiger partial charge in [-0.1, -0.05) is 30.0 Å². The molecule has 1 N–H and O–H groups in total. The molecular formula is C25H22F2N4O4S. The Kier molecular flexibility index (Phi) is 6.92. The lowest BCUT2D eigenvalue weighted by atomic mass is 10.0. The van der Waals surface area contributed by atoms with Crippen LogP contribution in [0.5, 0.6) is 0 Å². The van der Waals surface area contributed by atoms with Crippen LogP contribution in [0.1, 0.15) is 24.1 Å². The molecule has 11 heteroatoms. The largest absolute Gasteiger partial charge is 0.420 e. The van der Waals surface area contributed by atoms with E-state index in [1.54, 1.807) is 19.1 Å². The Morgan fingerprint density at radius 2 is 1.89 bits per heavy atom. The third-order valence-corrected chi connectivity index (χ3v) is 6.66. The standard InChI is InChI=1S/C25H22F2N4O4S/c1-16(18-9-4-7-17(13-18)8-6-12-30(2)3)31-20-14-19(26)22(15-21(20)35-25(31)32)36(33,34)29-24-11-5-10-23(27)28-24/h4-5,7,9-11,13-16H,12H2,1-3H3,(H,28,29). The lowest BCUT2D eigenvalue weighted by Crippen LogP contribution is -2.19. The van der Waals surface area contributed by atoms with E-state index in [1.165, 1.54) is 16.7 Å². The number of fused-ring (bicyclic) bond motifs is 1. The van der Waals surface area contributed by atoms with Gasteiger partial charge in [-0.25, -0.2) is 22.6 Å².